The first-order chi connectivity index (χ1) is 8.78. The highest BCUT2D eigenvalue weighted by molar-refractivity contribution is 7.09. The highest BCUT2D eigenvalue weighted by Crippen LogP contribution is 2.12. The standard InChI is InChI=1S/C14H19N3S/c1-11-17-14(10-18-11)9-13(15-2)7-6-12-5-3-4-8-16-12/h3-5,8,10,13,15H,6-7,9H2,1-2H3. The number of pyridine rings is 1. The van der Waals surface area contributed by atoms with Crippen molar-refractivity contribution in [3.8, 4) is 0 Å². The van der Waals surface area contributed by atoms with Crippen molar-refractivity contribution in [3.05, 3.63) is 46.2 Å². The summed E-state index contributed by atoms with van der Waals surface area (Å²) in [5.41, 5.74) is 2.35. The highest BCUT2D eigenvalue weighted by atomic mass is 32.1. The molecule has 2 rings (SSSR count). The summed E-state index contributed by atoms with van der Waals surface area (Å²) in [5, 5.41) is 6.66. The molecule has 2 aromatic rings. The van der Waals surface area contributed by atoms with E-state index in [1.807, 2.05) is 25.4 Å². The molecule has 3 nitrogen and oxygen atoms in total. The Labute approximate surface area is 112 Å². The van der Waals surface area contributed by atoms with Crippen molar-refractivity contribution in [2.24, 2.45) is 0 Å². The van der Waals surface area contributed by atoms with E-state index < -0.39 is 0 Å². The average Bonchev–Trinajstić information content (AvgIpc) is 2.81. The normalized spacial score (nSPS) is 12.6. The Morgan fingerprint density at radius 2 is 2.22 bits per heavy atom. The minimum atomic E-state index is 0.466. The van der Waals surface area contributed by atoms with Crippen LogP contribution in [-0.4, -0.2) is 23.1 Å². The fourth-order valence-electron chi connectivity index (χ4n) is 1.97. The highest BCUT2D eigenvalue weighted by Gasteiger charge is 2.09. The lowest BCUT2D eigenvalue weighted by molar-refractivity contribution is 0.513. The van der Waals surface area contributed by atoms with Gasteiger partial charge >= 0.3 is 0 Å². The molecule has 2 heterocycles. The number of aryl methyl sites for hydroxylation is 2. The molecule has 0 bridgehead atoms. The molecule has 0 aliphatic rings. The summed E-state index contributed by atoms with van der Waals surface area (Å²) in [6.07, 6.45) is 4.95. The SMILES string of the molecule is CNC(CCc1ccccn1)Cc1csc(C)n1. The summed E-state index contributed by atoms with van der Waals surface area (Å²) < 4.78 is 0. The Hall–Kier alpha value is -1.26. The topological polar surface area (TPSA) is 37.8 Å². The van der Waals surface area contributed by atoms with Gasteiger partial charge in [-0.05, 0) is 38.9 Å². The number of nitrogens with zero attached hydrogens (tertiary/aromatic N) is 2. The predicted molar refractivity (Wildman–Crippen MR) is 76.0 cm³/mol. The minimum absolute atomic E-state index is 0.466. The van der Waals surface area contributed by atoms with Crippen LogP contribution in [0.2, 0.25) is 0 Å². The van der Waals surface area contributed by atoms with E-state index in [-0.39, 0.29) is 0 Å². The van der Waals surface area contributed by atoms with Crippen LogP contribution in [0.4, 0.5) is 0 Å². The van der Waals surface area contributed by atoms with Gasteiger partial charge in [-0.3, -0.25) is 4.98 Å². The molecule has 1 atom stereocenters. The van der Waals surface area contributed by atoms with Crippen LogP contribution in [0, 0.1) is 6.92 Å². The molecule has 18 heavy (non-hydrogen) atoms. The summed E-state index contributed by atoms with van der Waals surface area (Å²) in [5.74, 6) is 0. The van der Waals surface area contributed by atoms with Crippen LogP contribution in [-0.2, 0) is 12.8 Å². The van der Waals surface area contributed by atoms with Crippen molar-refractivity contribution in [2.45, 2.75) is 32.2 Å². The molecule has 0 aliphatic heterocycles. The summed E-state index contributed by atoms with van der Waals surface area (Å²) in [7, 11) is 2.02. The van der Waals surface area contributed by atoms with E-state index in [1.165, 1.54) is 5.69 Å². The monoisotopic (exact) mass is 261 g/mol. The molecule has 96 valence electrons. The van der Waals surface area contributed by atoms with Crippen LogP contribution in [0.1, 0.15) is 22.8 Å². The van der Waals surface area contributed by atoms with E-state index in [0.717, 1.165) is 30.0 Å². The summed E-state index contributed by atoms with van der Waals surface area (Å²) in [6, 6.07) is 6.55. The van der Waals surface area contributed by atoms with Crippen LogP contribution in [0.15, 0.2) is 29.8 Å². The second-order valence-electron chi connectivity index (χ2n) is 4.41. The van der Waals surface area contributed by atoms with Gasteiger partial charge in [0.05, 0.1) is 10.7 Å². The van der Waals surface area contributed by atoms with Gasteiger partial charge in [0, 0.05) is 29.7 Å². The summed E-state index contributed by atoms with van der Waals surface area (Å²) in [6.45, 7) is 2.05. The first-order valence-electron chi connectivity index (χ1n) is 6.26. The van der Waals surface area contributed by atoms with E-state index in [1.54, 1.807) is 11.3 Å². The van der Waals surface area contributed by atoms with Gasteiger partial charge in [0.15, 0.2) is 0 Å². The van der Waals surface area contributed by atoms with Crippen molar-refractivity contribution in [3.63, 3.8) is 0 Å². The Morgan fingerprint density at radius 3 is 2.83 bits per heavy atom. The molecular formula is C14H19N3S. The van der Waals surface area contributed by atoms with Crippen LogP contribution < -0.4 is 5.32 Å². The Bertz CT molecular complexity index is 467. The van der Waals surface area contributed by atoms with Gasteiger partial charge < -0.3 is 5.32 Å². The molecule has 1 unspecified atom stereocenters. The zero-order chi connectivity index (χ0) is 12.8. The van der Waals surface area contributed by atoms with Gasteiger partial charge in [-0.2, -0.15) is 0 Å². The fraction of sp³-hybridized carbons (Fsp3) is 0.429. The Balaban J connectivity index is 1.86. The van der Waals surface area contributed by atoms with Gasteiger partial charge in [0.25, 0.3) is 0 Å². The van der Waals surface area contributed by atoms with Crippen LogP contribution in [0.3, 0.4) is 0 Å². The van der Waals surface area contributed by atoms with Crippen LogP contribution >= 0.6 is 11.3 Å². The first kappa shape index (κ1) is 13.2. The summed E-state index contributed by atoms with van der Waals surface area (Å²) >= 11 is 1.72. The fourth-order valence-corrected chi connectivity index (χ4v) is 2.60. The second kappa shape index (κ2) is 6.61. The number of hydrogen-bond donors (Lipinski definition) is 1. The molecule has 0 spiro atoms. The number of nitrogens with one attached hydrogen (secondary N) is 1. The first-order valence-corrected chi connectivity index (χ1v) is 7.14. The second-order valence-corrected chi connectivity index (χ2v) is 5.47. The van der Waals surface area contributed by atoms with Gasteiger partial charge in [0.1, 0.15) is 0 Å². The van der Waals surface area contributed by atoms with Crippen LogP contribution in [0.5, 0.6) is 0 Å². The number of rotatable bonds is 6. The third-order valence-electron chi connectivity index (χ3n) is 3.01. The minimum Gasteiger partial charge on any atom is -0.317 e. The number of thiazole rings is 1. The predicted octanol–water partition coefficient (Wildman–Crippen LogP) is 2.61. The third-order valence-corrected chi connectivity index (χ3v) is 3.83. The quantitative estimate of drug-likeness (QED) is 0.868. The third kappa shape index (κ3) is 3.89. The number of aromatic nitrogens is 2. The number of likely N-dealkylation sites (N-methyl/N-ethyl adjacent to an activating group) is 1. The lowest BCUT2D eigenvalue weighted by Crippen LogP contribution is -2.28. The van der Waals surface area contributed by atoms with Gasteiger partial charge in [-0.25, -0.2) is 4.98 Å². The molecule has 0 aromatic carbocycles. The van der Waals surface area contributed by atoms with Gasteiger partial charge in [-0.15, -0.1) is 11.3 Å². The zero-order valence-corrected chi connectivity index (χ0v) is 11.7. The van der Waals surface area contributed by atoms with E-state index in [0.29, 0.717) is 6.04 Å². The molecule has 0 saturated carbocycles. The van der Waals surface area contributed by atoms with Crippen molar-refractivity contribution in [2.75, 3.05) is 7.05 Å². The average molecular weight is 261 g/mol. The largest absolute Gasteiger partial charge is 0.317 e. The Morgan fingerprint density at radius 1 is 1.33 bits per heavy atom. The molecular weight excluding hydrogens is 242 g/mol. The molecule has 0 fully saturated rings. The lowest BCUT2D eigenvalue weighted by Gasteiger charge is -2.14. The molecule has 4 heteroatoms. The van der Waals surface area contributed by atoms with Crippen molar-refractivity contribution in [1.29, 1.82) is 0 Å². The molecule has 2 aromatic heterocycles. The number of hydrogen-bond acceptors (Lipinski definition) is 4. The molecule has 1 N–H and O–H groups in total. The van der Waals surface area contributed by atoms with Crippen molar-refractivity contribution >= 4 is 11.3 Å². The molecule has 0 amide bonds. The van der Waals surface area contributed by atoms with Crippen molar-refractivity contribution < 1.29 is 0 Å². The maximum absolute atomic E-state index is 4.52. The summed E-state index contributed by atoms with van der Waals surface area (Å²) in [4.78, 5) is 8.87. The maximum Gasteiger partial charge on any atom is 0.0897 e. The molecule has 0 radical (unpaired) electrons. The van der Waals surface area contributed by atoms with Gasteiger partial charge in [0.2, 0.25) is 0 Å². The van der Waals surface area contributed by atoms with E-state index >= 15 is 0 Å². The smallest absolute Gasteiger partial charge is 0.0897 e. The van der Waals surface area contributed by atoms with E-state index in [2.05, 4.69) is 33.7 Å². The van der Waals surface area contributed by atoms with E-state index in [4.69, 9.17) is 0 Å². The lowest BCUT2D eigenvalue weighted by atomic mass is 10.0. The van der Waals surface area contributed by atoms with Gasteiger partial charge in [-0.1, -0.05) is 6.07 Å². The zero-order valence-electron chi connectivity index (χ0n) is 10.9. The maximum atomic E-state index is 4.52. The Kier molecular flexibility index (Phi) is 4.84. The van der Waals surface area contributed by atoms with E-state index in [9.17, 15) is 0 Å². The van der Waals surface area contributed by atoms with Crippen molar-refractivity contribution in [1.82, 2.24) is 15.3 Å². The molecule has 0 aliphatic carbocycles. The molecule has 0 saturated heterocycles. The van der Waals surface area contributed by atoms with Crippen LogP contribution in [0.25, 0.3) is 0 Å².